The lowest BCUT2D eigenvalue weighted by Gasteiger charge is -2.10. The first kappa shape index (κ1) is 22.4. The van der Waals surface area contributed by atoms with Crippen molar-refractivity contribution in [1.29, 1.82) is 0 Å². The second-order valence-corrected chi connectivity index (χ2v) is 8.48. The van der Waals surface area contributed by atoms with Crippen LogP contribution in [-0.4, -0.2) is 28.0 Å². The number of anilines is 1. The Labute approximate surface area is 194 Å². The number of halogens is 1. The lowest BCUT2D eigenvalue weighted by molar-refractivity contribution is -0.119. The van der Waals surface area contributed by atoms with Gasteiger partial charge in [0.05, 0.1) is 11.3 Å². The van der Waals surface area contributed by atoms with Crippen LogP contribution in [0.3, 0.4) is 0 Å². The Balaban J connectivity index is 1.38. The van der Waals surface area contributed by atoms with E-state index in [0.29, 0.717) is 16.4 Å². The third kappa shape index (κ3) is 5.01. The van der Waals surface area contributed by atoms with Crippen molar-refractivity contribution < 1.29 is 18.7 Å². The molecule has 0 atom stereocenters. The first-order chi connectivity index (χ1) is 15.8. The van der Waals surface area contributed by atoms with Gasteiger partial charge in [-0.25, -0.2) is 14.2 Å². The van der Waals surface area contributed by atoms with Gasteiger partial charge in [0.1, 0.15) is 5.82 Å². The van der Waals surface area contributed by atoms with Gasteiger partial charge in [0.2, 0.25) is 0 Å². The van der Waals surface area contributed by atoms with Crippen LogP contribution in [0, 0.1) is 26.6 Å². The van der Waals surface area contributed by atoms with Gasteiger partial charge in [-0.05, 0) is 51.1 Å². The van der Waals surface area contributed by atoms with Crippen LogP contribution in [0.2, 0.25) is 0 Å². The van der Waals surface area contributed by atoms with Crippen molar-refractivity contribution in [2.75, 3.05) is 11.9 Å². The predicted octanol–water partition coefficient (Wildman–Crippen LogP) is 5.46. The summed E-state index contributed by atoms with van der Waals surface area (Å²) in [6, 6.07) is 15.6. The number of nitrogens with zero attached hydrogens (tertiary/aromatic N) is 2. The van der Waals surface area contributed by atoms with Gasteiger partial charge in [0.25, 0.3) is 5.91 Å². The van der Waals surface area contributed by atoms with E-state index in [1.807, 2.05) is 48.1 Å². The van der Waals surface area contributed by atoms with Gasteiger partial charge in [0, 0.05) is 28.0 Å². The number of thiazole rings is 1. The summed E-state index contributed by atoms with van der Waals surface area (Å²) in [4.78, 5) is 29.3. The molecule has 0 aliphatic heterocycles. The van der Waals surface area contributed by atoms with E-state index in [2.05, 4.69) is 10.3 Å². The highest BCUT2D eigenvalue weighted by atomic mass is 32.1. The first-order valence-electron chi connectivity index (χ1n) is 10.3. The zero-order valence-corrected chi connectivity index (χ0v) is 19.2. The fraction of sp³-hybridized carbons (Fsp3) is 0.160. The third-order valence-corrected chi connectivity index (χ3v) is 5.93. The monoisotopic (exact) mass is 463 g/mol. The number of hydrogen-bond acceptors (Lipinski definition) is 5. The maximum atomic E-state index is 13.2. The molecule has 0 radical (unpaired) electrons. The number of carbonyl (C=O) groups is 2. The van der Waals surface area contributed by atoms with E-state index in [0.717, 1.165) is 28.2 Å². The molecule has 4 aromatic rings. The normalized spacial score (nSPS) is 10.8. The van der Waals surface area contributed by atoms with Crippen LogP contribution in [-0.2, 0) is 9.53 Å². The average Bonchev–Trinajstić information content (AvgIpc) is 3.37. The molecule has 33 heavy (non-hydrogen) atoms. The number of benzene rings is 2. The summed E-state index contributed by atoms with van der Waals surface area (Å²) >= 11 is 1.30. The molecule has 4 rings (SSSR count). The number of ether oxygens (including phenoxy) is 1. The molecular formula is C25H22FN3O3S. The number of aromatic nitrogens is 2. The summed E-state index contributed by atoms with van der Waals surface area (Å²) in [5.74, 6) is -1.41. The van der Waals surface area contributed by atoms with Crippen LogP contribution in [0.1, 0.15) is 27.3 Å². The van der Waals surface area contributed by atoms with Gasteiger partial charge in [-0.1, -0.05) is 29.8 Å². The van der Waals surface area contributed by atoms with E-state index >= 15 is 0 Å². The molecule has 6 nitrogen and oxygen atoms in total. The number of rotatable bonds is 6. The summed E-state index contributed by atoms with van der Waals surface area (Å²) in [5, 5.41) is 4.95. The lowest BCUT2D eigenvalue weighted by Crippen LogP contribution is -2.21. The number of amides is 1. The number of aryl methyl sites for hydroxylation is 2. The van der Waals surface area contributed by atoms with Crippen LogP contribution in [0.25, 0.3) is 16.9 Å². The smallest absolute Gasteiger partial charge is 0.340 e. The fourth-order valence-corrected chi connectivity index (χ4v) is 4.25. The molecule has 2 aromatic carbocycles. The van der Waals surface area contributed by atoms with Gasteiger partial charge < -0.3 is 9.30 Å². The SMILES string of the molecule is Cc1ccc(-c2csc(NC(=O)COC(=O)c3cc(C)n(-c4ccc(F)cc4)c3C)n2)cc1. The molecule has 0 saturated heterocycles. The predicted molar refractivity (Wildman–Crippen MR) is 126 cm³/mol. The largest absolute Gasteiger partial charge is 0.452 e. The molecule has 2 aromatic heterocycles. The third-order valence-electron chi connectivity index (χ3n) is 5.17. The van der Waals surface area contributed by atoms with Crippen LogP contribution < -0.4 is 5.32 Å². The molecular weight excluding hydrogens is 441 g/mol. The standard InChI is InChI=1S/C25H22FN3O3S/c1-15-4-6-18(7-5-15)22-14-33-25(27-22)28-23(30)13-32-24(31)21-12-16(2)29(17(21)3)20-10-8-19(26)9-11-20/h4-12,14H,13H2,1-3H3,(H,27,28,30). The van der Waals surface area contributed by atoms with E-state index in [9.17, 15) is 14.0 Å². The maximum absolute atomic E-state index is 13.2. The molecule has 0 aliphatic carbocycles. The molecule has 0 saturated carbocycles. The molecule has 0 spiro atoms. The molecule has 2 heterocycles. The summed E-state index contributed by atoms with van der Waals surface area (Å²) < 4.78 is 20.3. The highest BCUT2D eigenvalue weighted by Crippen LogP contribution is 2.25. The van der Waals surface area contributed by atoms with E-state index in [1.165, 1.54) is 23.5 Å². The van der Waals surface area contributed by atoms with Crippen LogP contribution >= 0.6 is 11.3 Å². The fourth-order valence-electron chi connectivity index (χ4n) is 3.51. The molecule has 0 bridgehead atoms. The maximum Gasteiger partial charge on any atom is 0.340 e. The van der Waals surface area contributed by atoms with Crippen molar-refractivity contribution in [1.82, 2.24) is 9.55 Å². The minimum atomic E-state index is -0.605. The topological polar surface area (TPSA) is 73.2 Å². The quantitative estimate of drug-likeness (QED) is 0.385. The molecule has 1 N–H and O–H groups in total. The van der Waals surface area contributed by atoms with Gasteiger partial charge in [-0.2, -0.15) is 0 Å². The van der Waals surface area contributed by atoms with Crippen molar-refractivity contribution >= 4 is 28.3 Å². The van der Waals surface area contributed by atoms with Crippen molar-refractivity contribution in [3.8, 4) is 16.9 Å². The van der Waals surface area contributed by atoms with Gasteiger partial charge in [-0.3, -0.25) is 10.1 Å². The molecule has 1 amide bonds. The molecule has 0 aliphatic rings. The Hall–Kier alpha value is -3.78. The zero-order chi connectivity index (χ0) is 23.5. The van der Waals surface area contributed by atoms with Crippen LogP contribution in [0.4, 0.5) is 9.52 Å². The highest BCUT2D eigenvalue weighted by Gasteiger charge is 2.19. The summed E-state index contributed by atoms with van der Waals surface area (Å²) in [5.41, 5.74) is 5.40. The summed E-state index contributed by atoms with van der Waals surface area (Å²) in [6.45, 7) is 5.19. The van der Waals surface area contributed by atoms with Crippen molar-refractivity contribution in [2.45, 2.75) is 20.8 Å². The second kappa shape index (κ2) is 9.38. The van der Waals surface area contributed by atoms with Gasteiger partial charge >= 0.3 is 5.97 Å². The summed E-state index contributed by atoms with van der Waals surface area (Å²) in [7, 11) is 0. The van der Waals surface area contributed by atoms with Crippen molar-refractivity contribution in [2.24, 2.45) is 0 Å². The summed E-state index contributed by atoms with van der Waals surface area (Å²) in [6.07, 6.45) is 0. The Bertz CT molecular complexity index is 1310. The Morgan fingerprint density at radius 2 is 1.76 bits per heavy atom. The Kier molecular flexibility index (Phi) is 6.37. The number of esters is 1. The average molecular weight is 464 g/mol. The zero-order valence-electron chi connectivity index (χ0n) is 18.4. The molecule has 168 valence electrons. The van der Waals surface area contributed by atoms with Gasteiger partial charge in [0.15, 0.2) is 11.7 Å². The number of hydrogen-bond donors (Lipinski definition) is 1. The molecule has 0 unspecified atom stereocenters. The van der Waals surface area contributed by atoms with E-state index in [1.54, 1.807) is 25.1 Å². The molecule has 8 heteroatoms. The second-order valence-electron chi connectivity index (χ2n) is 7.62. The van der Waals surface area contributed by atoms with Gasteiger partial charge in [-0.15, -0.1) is 11.3 Å². The van der Waals surface area contributed by atoms with Crippen LogP contribution in [0.15, 0.2) is 60.0 Å². The number of nitrogens with one attached hydrogen (secondary N) is 1. The Morgan fingerprint density at radius 1 is 1.06 bits per heavy atom. The van der Waals surface area contributed by atoms with Crippen LogP contribution in [0.5, 0.6) is 0 Å². The minimum absolute atomic E-state index is 0.335. The number of carbonyl (C=O) groups excluding carboxylic acids is 2. The molecule has 0 fully saturated rings. The first-order valence-corrected chi connectivity index (χ1v) is 11.1. The van der Waals surface area contributed by atoms with Crippen molar-refractivity contribution in [3.05, 3.63) is 88.3 Å². The van der Waals surface area contributed by atoms with E-state index in [-0.39, 0.29) is 5.82 Å². The van der Waals surface area contributed by atoms with E-state index in [4.69, 9.17) is 4.74 Å². The Morgan fingerprint density at radius 3 is 2.45 bits per heavy atom. The lowest BCUT2D eigenvalue weighted by atomic mass is 10.1. The minimum Gasteiger partial charge on any atom is -0.452 e. The highest BCUT2D eigenvalue weighted by molar-refractivity contribution is 7.14. The van der Waals surface area contributed by atoms with E-state index < -0.39 is 18.5 Å². The van der Waals surface area contributed by atoms with Crippen molar-refractivity contribution in [3.63, 3.8) is 0 Å².